The Bertz CT molecular complexity index is 215. The molecule has 0 aliphatic heterocycles. The zero-order valence-corrected chi connectivity index (χ0v) is 5.44. The highest BCUT2D eigenvalue weighted by Gasteiger charge is 1.91. The second kappa shape index (κ2) is 2.64. The maximum Gasteiger partial charge on any atom is 0.124 e. The number of rotatable bonds is 1. The van der Waals surface area contributed by atoms with Crippen molar-refractivity contribution in [2.75, 3.05) is 7.05 Å². The molecule has 0 saturated heterocycles. The van der Waals surface area contributed by atoms with E-state index >= 15 is 0 Å². The maximum absolute atomic E-state index is 12.3. The van der Waals surface area contributed by atoms with Gasteiger partial charge in [-0.2, -0.15) is 0 Å². The Hall–Kier alpha value is -1.12. The first kappa shape index (κ1) is 6.99. The predicted molar refractivity (Wildman–Crippen MR) is 35.3 cm³/mol. The molecule has 1 aromatic rings. The minimum atomic E-state index is -0.597. The highest BCUT2D eigenvalue weighted by Crippen LogP contribution is 2.18. The molecule has 0 unspecified atom stereocenters. The molecular formula is C7H6F2N-. The van der Waals surface area contributed by atoms with E-state index in [1.165, 1.54) is 19.2 Å². The highest BCUT2D eigenvalue weighted by molar-refractivity contribution is 5.47. The van der Waals surface area contributed by atoms with Crippen molar-refractivity contribution in [2.45, 2.75) is 0 Å². The summed E-state index contributed by atoms with van der Waals surface area (Å²) in [6.07, 6.45) is 0. The molecule has 0 spiro atoms. The molecule has 0 bridgehead atoms. The van der Waals surface area contributed by atoms with Gasteiger partial charge in [0.25, 0.3) is 0 Å². The van der Waals surface area contributed by atoms with Crippen LogP contribution in [0.2, 0.25) is 0 Å². The van der Waals surface area contributed by atoms with Crippen molar-refractivity contribution in [1.29, 1.82) is 0 Å². The van der Waals surface area contributed by atoms with Crippen LogP contribution in [0.3, 0.4) is 0 Å². The lowest BCUT2D eigenvalue weighted by Gasteiger charge is -2.12. The van der Waals surface area contributed by atoms with Gasteiger partial charge in [-0.05, 0) is 12.1 Å². The predicted octanol–water partition coefficient (Wildman–Crippen LogP) is 2.60. The Morgan fingerprint density at radius 1 is 1.10 bits per heavy atom. The van der Waals surface area contributed by atoms with E-state index < -0.39 is 11.6 Å². The van der Waals surface area contributed by atoms with Crippen molar-refractivity contribution < 1.29 is 8.78 Å². The molecule has 0 heterocycles. The molecule has 1 rings (SSSR count). The van der Waals surface area contributed by atoms with Gasteiger partial charge in [-0.1, -0.05) is 0 Å². The first-order valence-corrected chi connectivity index (χ1v) is 2.78. The van der Waals surface area contributed by atoms with Crippen LogP contribution in [-0.2, 0) is 0 Å². The molecule has 0 aliphatic rings. The molecule has 0 saturated carbocycles. The van der Waals surface area contributed by atoms with Crippen molar-refractivity contribution in [3.63, 3.8) is 0 Å². The van der Waals surface area contributed by atoms with Gasteiger partial charge in [-0.15, -0.1) is 12.7 Å². The van der Waals surface area contributed by atoms with Gasteiger partial charge in [0.15, 0.2) is 0 Å². The third kappa shape index (κ3) is 1.43. The van der Waals surface area contributed by atoms with Crippen LogP contribution in [0.5, 0.6) is 0 Å². The summed E-state index contributed by atoms with van der Waals surface area (Å²) in [5, 5.41) is 3.61. The Labute approximate surface area is 57.7 Å². The van der Waals surface area contributed by atoms with Crippen LogP contribution in [0.4, 0.5) is 14.5 Å². The van der Waals surface area contributed by atoms with E-state index in [0.29, 0.717) is 5.69 Å². The van der Waals surface area contributed by atoms with E-state index in [1.54, 1.807) is 0 Å². The summed E-state index contributed by atoms with van der Waals surface area (Å²) >= 11 is 0. The van der Waals surface area contributed by atoms with Crippen molar-refractivity contribution in [2.24, 2.45) is 0 Å². The molecule has 0 fully saturated rings. The minimum Gasteiger partial charge on any atom is -0.687 e. The van der Waals surface area contributed by atoms with E-state index in [4.69, 9.17) is 0 Å². The number of halogens is 2. The van der Waals surface area contributed by atoms with Crippen molar-refractivity contribution in [3.8, 4) is 0 Å². The smallest absolute Gasteiger partial charge is 0.124 e. The summed E-state index contributed by atoms with van der Waals surface area (Å²) in [7, 11) is 1.48. The van der Waals surface area contributed by atoms with Crippen LogP contribution in [0, 0.1) is 11.6 Å². The molecule has 0 atom stereocenters. The second-order valence-electron chi connectivity index (χ2n) is 1.85. The van der Waals surface area contributed by atoms with E-state index in [1.807, 2.05) is 0 Å². The van der Waals surface area contributed by atoms with E-state index in [9.17, 15) is 8.78 Å². The summed E-state index contributed by atoms with van der Waals surface area (Å²) in [6, 6.07) is 3.15. The third-order valence-electron chi connectivity index (χ3n) is 1.11. The molecule has 0 amide bonds. The summed E-state index contributed by atoms with van der Waals surface area (Å²) in [5.41, 5.74) is 0.317. The standard InChI is InChI=1S/C7H6F2N/c1-10-7-3-5(8)2-6(9)4-7/h2-4H,1H3/q-1. The summed E-state index contributed by atoms with van der Waals surface area (Å²) < 4.78 is 24.6. The Balaban J connectivity index is 3.06. The average molecular weight is 142 g/mol. The lowest BCUT2D eigenvalue weighted by molar-refractivity contribution is 0.584. The quantitative estimate of drug-likeness (QED) is 0.572. The molecule has 0 aromatic heterocycles. The van der Waals surface area contributed by atoms with E-state index in [2.05, 4.69) is 5.32 Å². The fourth-order valence-electron chi connectivity index (χ4n) is 0.668. The summed E-state index contributed by atoms with van der Waals surface area (Å²) in [5.74, 6) is -1.19. The van der Waals surface area contributed by atoms with Crippen LogP contribution < -0.4 is 0 Å². The zero-order valence-electron chi connectivity index (χ0n) is 5.44. The lowest BCUT2D eigenvalue weighted by atomic mass is 10.3. The SMILES string of the molecule is C[N-]c1cc(F)cc(F)c1. The van der Waals surface area contributed by atoms with Gasteiger partial charge in [-0.25, -0.2) is 8.78 Å². The Kier molecular flexibility index (Phi) is 1.85. The van der Waals surface area contributed by atoms with Gasteiger partial charge in [0.05, 0.1) is 0 Å². The van der Waals surface area contributed by atoms with Crippen LogP contribution in [0.15, 0.2) is 18.2 Å². The number of hydrogen-bond donors (Lipinski definition) is 0. The van der Waals surface area contributed by atoms with Crippen molar-refractivity contribution >= 4 is 5.69 Å². The van der Waals surface area contributed by atoms with Gasteiger partial charge in [0.1, 0.15) is 11.6 Å². The molecule has 3 heteroatoms. The average Bonchev–Trinajstić information content (AvgIpc) is 1.85. The Morgan fingerprint density at radius 2 is 1.60 bits per heavy atom. The topological polar surface area (TPSA) is 14.1 Å². The van der Waals surface area contributed by atoms with Gasteiger partial charge < -0.3 is 5.32 Å². The number of nitrogens with zero attached hydrogens (tertiary/aromatic N) is 1. The van der Waals surface area contributed by atoms with E-state index in [0.717, 1.165) is 6.07 Å². The molecule has 0 radical (unpaired) electrons. The van der Waals surface area contributed by atoms with Gasteiger partial charge in [0, 0.05) is 6.07 Å². The highest BCUT2D eigenvalue weighted by atomic mass is 19.1. The third-order valence-corrected chi connectivity index (χ3v) is 1.11. The first-order chi connectivity index (χ1) is 4.72. The van der Waals surface area contributed by atoms with Gasteiger partial charge >= 0.3 is 0 Å². The molecule has 1 aromatic carbocycles. The molecule has 0 N–H and O–H groups in total. The lowest BCUT2D eigenvalue weighted by Crippen LogP contribution is -1.77. The summed E-state index contributed by atoms with van der Waals surface area (Å²) in [4.78, 5) is 0. The van der Waals surface area contributed by atoms with Crippen molar-refractivity contribution in [3.05, 3.63) is 35.2 Å². The molecular weight excluding hydrogens is 136 g/mol. The van der Waals surface area contributed by atoms with Crippen molar-refractivity contribution in [1.82, 2.24) is 0 Å². The number of hydrogen-bond acceptors (Lipinski definition) is 0. The second-order valence-corrected chi connectivity index (χ2v) is 1.85. The van der Waals surface area contributed by atoms with Crippen LogP contribution in [0.1, 0.15) is 0 Å². The minimum absolute atomic E-state index is 0.317. The maximum atomic E-state index is 12.3. The zero-order chi connectivity index (χ0) is 7.56. The van der Waals surface area contributed by atoms with Gasteiger partial charge in [-0.3, -0.25) is 0 Å². The largest absolute Gasteiger partial charge is 0.687 e. The van der Waals surface area contributed by atoms with Crippen LogP contribution in [-0.4, -0.2) is 7.05 Å². The van der Waals surface area contributed by atoms with Crippen LogP contribution in [0.25, 0.3) is 5.32 Å². The fraction of sp³-hybridized carbons (Fsp3) is 0.143. The van der Waals surface area contributed by atoms with Crippen LogP contribution >= 0.6 is 0 Å². The molecule has 1 nitrogen and oxygen atoms in total. The Morgan fingerprint density at radius 3 is 2.00 bits per heavy atom. The molecule has 0 aliphatic carbocycles. The first-order valence-electron chi connectivity index (χ1n) is 2.78. The molecule has 10 heavy (non-hydrogen) atoms. The summed E-state index contributed by atoms with van der Waals surface area (Å²) in [6.45, 7) is 0. The van der Waals surface area contributed by atoms with E-state index in [-0.39, 0.29) is 0 Å². The fourth-order valence-corrected chi connectivity index (χ4v) is 0.668. The number of benzene rings is 1. The van der Waals surface area contributed by atoms with Gasteiger partial charge in [0.2, 0.25) is 0 Å². The molecule has 54 valence electrons. The normalized spacial score (nSPS) is 9.50. The monoisotopic (exact) mass is 142 g/mol.